The van der Waals surface area contributed by atoms with E-state index in [4.69, 9.17) is 0 Å². The third-order valence-corrected chi connectivity index (χ3v) is 4.75. The van der Waals surface area contributed by atoms with Crippen molar-refractivity contribution < 1.29 is 4.79 Å². The second-order valence-corrected chi connectivity index (χ2v) is 6.90. The summed E-state index contributed by atoms with van der Waals surface area (Å²) in [5.41, 5.74) is 5.59. The van der Waals surface area contributed by atoms with Crippen LogP contribution in [0.1, 0.15) is 42.0 Å². The zero-order valence-corrected chi connectivity index (χ0v) is 13.7. The topological polar surface area (TPSA) is 17.1 Å². The summed E-state index contributed by atoms with van der Waals surface area (Å²) in [6, 6.07) is 17.0. The van der Waals surface area contributed by atoms with Crippen molar-refractivity contribution >= 4 is 11.4 Å². The molecular weight excluding hydrogens is 268 g/mol. The first-order chi connectivity index (χ1) is 10.4. The molecular formula is C21H22O. The first-order valence-corrected chi connectivity index (χ1v) is 7.79. The van der Waals surface area contributed by atoms with Crippen LogP contribution in [0.4, 0.5) is 0 Å². The number of ketones is 1. The van der Waals surface area contributed by atoms with E-state index in [1.165, 1.54) is 16.7 Å². The Kier molecular flexibility index (Phi) is 3.52. The van der Waals surface area contributed by atoms with Gasteiger partial charge in [0.2, 0.25) is 0 Å². The molecule has 0 N–H and O–H groups in total. The van der Waals surface area contributed by atoms with Crippen LogP contribution in [0.2, 0.25) is 0 Å². The van der Waals surface area contributed by atoms with Crippen molar-refractivity contribution in [2.75, 3.05) is 0 Å². The Labute approximate surface area is 132 Å². The fourth-order valence-electron chi connectivity index (χ4n) is 3.29. The second-order valence-electron chi connectivity index (χ2n) is 6.90. The van der Waals surface area contributed by atoms with Crippen LogP contribution < -0.4 is 0 Å². The van der Waals surface area contributed by atoms with E-state index in [1.54, 1.807) is 0 Å². The molecule has 0 bridgehead atoms. The van der Waals surface area contributed by atoms with Crippen molar-refractivity contribution in [1.29, 1.82) is 0 Å². The largest absolute Gasteiger partial charge is 0.294 e. The highest BCUT2D eigenvalue weighted by molar-refractivity contribution is 6.08. The number of allylic oxidation sites excluding steroid dienone is 2. The number of rotatable bonds is 2. The molecule has 0 spiro atoms. The molecule has 1 aliphatic carbocycles. The van der Waals surface area contributed by atoms with Gasteiger partial charge in [-0.15, -0.1) is 0 Å². The molecule has 3 rings (SSSR count). The lowest BCUT2D eigenvalue weighted by molar-refractivity contribution is -0.121. The van der Waals surface area contributed by atoms with Crippen LogP contribution in [0, 0.1) is 19.3 Å². The van der Waals surface area contributed by atoms with Gasteiger partial charge in [-0.3, -0.25) is 4.79 Å². The van der Waals surface area contributed by atoms with Crippen molar-refractivity contribution in [3.63, 3.8) is 0 Å². The number of aryl methyl sites for hydroxylation is 2. The third-order valence-electron chi connectivity index (χ3n) is 4.75. The number of carbonyl (C=O) groups is 1. The summed E-state index contributed by atoms with van der Waals surface area (Å²) in [5.74, 6) is 0.331. The lowest BCUT2D eigenvalue weighted by Gasteiger charge is -2.29. The molecule has 0 unspecified atom stereocenters. The molecule has 1 atom stereocenters. The molecule has 2 aromatic rings. The third kappa shape index (κ3) is 2.41. The summed E-state index contributed by atoms with van der Waals surface area (Å²) in [6.07, 6.45) is 1.84. The van der Waals surface area contributed by atoms with E-state index >= 15 is 0 Å². The maximum Gasteiger partial charge on any atom is 0.162 e. The van der Waals surface area contributed by atoms with E-state index in [0.29, 0.717) is 0 Å². The van der Waals surface area contributed by atoms with Crippen molar-refractivity contribution in [1.82, 2.24) is 0 Å². The predicted molar refractivity (Wildman–Crippen MR) is 91.9 cm³/mol. The van der Waals surface area contributed by atoms with E-state index in [2.05, 4.69) is 76.2 Å². The Hall–Kier alpha value is -2.15. The Bertz CT molecular complexity index is 730. The molecule has 1 nitrogen and oxygen atoms in total. The minimum Gasteiger partial charge on any atom is -0.294 e. The van der Waals surface area contributed by atoms with E-state index in [9.17, 15) is 4.79 Å². The molecule has 0 heterocycles. The molecule has 2 aromatic carbocycles. The normalized spacial score (nSPS) is 20.1. The van der Waals surface area contributed by atoms with Gasteiger partial charge < -0.3 is 0 Å². The number of carbonyl (C=O) groups excluding carboxylic acids is 1. The van der Waals surface area contributed by atoms with Crippen LogP contribution in [0.25, 0.3) is 5.57 Å². The average Bonchev–Trinajstić information content (AvgIpc) is 2.72. The van der Waals surface area contributed by atoms with Crippen molar-refractivity contribution in [3.8, 4) is 0 Å². The molecule has 0 aromatic heterocycles. The van der Waals surface area contributed by atoms with Gasteiger partial charge in [0.1, 0.15) is 0 Å². The summed E-state index contributed by atoms with van der Waals surface area (Å²) in [6.45, 7) is 8.28. The quantitative estimate of drug-likeness (QED) is 0.754. The van der Waals surface area contributed by atoms with E-state index in [0.717, 1.165) is 11.1 Å². The highest BCUT2D eigenvalue weighted by Gasteiger charge is 2.44. The van der Waals surface area contributed by atoms with Gasteiger partial charge in [-0.2, -0.15) is 0 Å². The highest BCUT2D eigenvalue weighted by Crippen LogP contribution is 2.50. The Balaban J connectivity index is 2.11. The number of hydrogen-bond acceptors (Lipinski definition) is 1. The van der Waals surface area contributed by atoms with Gasteiger partial charge >= 0.3 is 0 Å². The van der Waals surface area contributed by atoms with Crippen LogP contribution in [-0.2, 0) is 4.79 Å². The minimum atomic E-state index is -0.393. The van der Waals surface area contributed by atoms with Crippen LogP contribution >= 0.6 is 0 Å². The van der Waals surface area contributed by atoms with Gasteiger partial charge in [-0.1, -0.05) is 73.5 Å². The average molecular weight is 290 g/mol. The number of benzene rings is 2. The maximum atomic E-state index is 12.5. The molecule has 1 aliphatic rings. The van der Waals surface area contributed by atoms with Crippen LogP contribution in [0.5, 0.6) is 0 Å². The molecule has 0 saturated heterocycles. The molecule has 22 heavy (non-hydrogen) atoms. The summed E-state index contributed by atoms with van der Waals surface area (Å²) >= 11 is 0. The minimum absolute atomic E-state index is 0.114. The van der Waals surface area contributed by atoms with Gasteiger partial charge in [-0.05, 0) is 36.6 Å². The van der Waals surface area contributed by atoms with Gasteiger partial charge in [0, 0.05) is 11.3 Å². The number of hydrogen-bond donors (Lipinski definition) is 0. The van der Waals surface area contributed by atoms with E-state index < -0.39 is 5.41 Å². The monoisotopic (exact) mass is 290 g/mol. The van der Waals surface area contributed by atoms with Gasteiger partial charge in [0.15, 0.2) is 5.78 Å². The van der Waals surface area contributed by atoms with Crippen LogP contribution in [-0.4, -0.2) is 5.78 Å². The molecule has 0 fully saturated rings. The molecule has 0 radical (unpaired) electrons. The van der Waals surface area contributed by atoms with Crippen molar-refractivity contribution in [2.24, 2.45) is 5.41 Å². The summed E-state index contributed by atoms with van der Waals surface area (Å²) in [5, 5.41) is 0. The fraction of sp³-hybridized carbons (Fsp3) is 0.286. The van der Waals surface area contributed by atoms with Crippen molar-refractivity contribution in [2.45, 2.75) is 33.6 Å². The van der Waals surface area contributed by atoms with Gasteiger partial charge in [-0.25, -0.2) is 0 Å². The lowest BCUT2D eigenvalue weighted by atomic mass is 9.73. The maximum absolute atomic E-state index is 12.5. The Morgan fingerprint density at radius 2 is 1.32 bits per heavy atom. The van der Waals surface area contributed by atoms with E-state index in [-0.39, 0.29) is 11.7 Å². The van der Waals surface area contributed by atoms with E-state index in [1.807, 2.05) is 6.08 Å². The van der Waals surface area contributed by atoms with Crippen molar-refractivity contribution in [3.05, 3.63) is 76.9 Å². The lowest BCUT2D eigenvalue weighted by Crippen LogP contribution is -2.25. The second kappa shape index (κ2) is 5.24. The molecule has 0 saturated carbocycles. The smallest absolute Gasteiger partial charge is 0.162 e. The Morgan fingerprint density at radius 1 is 0.818 bits per heavy atom. The SMILES string of the molecule is Cc1ccc(C2=CC(=O)C(C)(C)[C@@H]2c2ccc(C)cc2)cc1. The molecule has 112 valence electrons. The summed E-state index contributed by atoms with van der Waals surface area (Å²) in [7, 11) is 0. The first-order valence-electron chi connectivity index (χ1n) is 7.79. The highest BCUT2D eigenvalue weighted by atomic mass is 16.1. The standard InChI is InChI=1S/C21H22O/c1-14-5-9-16(10-6-14)18-13-19(22)21(3,4)20(18)17-11-7-15(2)8-12-17/h5-13,20H,1-4H3/t20-/m1/s1. The molecule has 0 aliphatic heterocycles. The van der Waals surface area contributed by atoms with Gasteiger partial charge in [0.25, 0.3) is 0 Å². The zero-order valence-electron chi connectivity index (χ0n) is 13.7. The molecule has 1 heteroatoms. The van der Waals surface area contributed by atoms with Crippen LogP contribution in [0.3, 0.4) is 0 Å². The predicted octanol–water partition coefficient (Wildman–Crippen LogP) is 5.08. The van der Waals surface area contributed by atoms with Gasteiger partial charge in [0.05, 0.1) is 0 Å². The fourth-order valence-corrected chi connectivity index (χ4v) is 3.29. The summed E-state index contributed by atoms with van der Waals surface area (Å²) < 4.78 is 0. The van der Waals surface area contributed by atoms with Crippen LogP contribution in [0.15, 0.2) is 54.6 Å². The Morgan fingerprint density at radius 3 is 1.86 bits per heavy atom. The molecule has 0 amide bonds. The first kappa shape index (κ1) is 14.8. The zero-order chi connectivity index (χ0) is 15.9. The summed E-state index contributed by atoms with van der Waals surface area (Å²) in [4.78, 5) is 12.5.